The normalized spacial score (nSPS) is 27.4. The number of carbonyl (C=O) groups excluding carboxylic acids is 1. The zero-order valence-corrected chi connectivity index (χ0v) is 17.5. The van der Waals surface area contributed by atoms with Crippen LogP contribution >= 0.6 is 0 Å². The monoisotopic (exact) mass is 432 g/mol. The van der Waals surface area contributed by atoms with E-state index in [1.807, 2.05) is 0 Å². The van der Waals surface area contributed by atoms with Gasteiger partial charge in [0, 0.05) is 35.4 Å². The van der Waals surface area contributed by atoms with Crippen molar-refractivity contribution in [2.45, 2.75) is 50.4 Å². The van der Waals surface area contributed by atoms with Gasteiger partial charge in [-0.3, -0.25) is 4.79 Å². The molecule has 31 heavy (non-hydrogen) atoms. The molecule has 1 aliphatic heterocycles. The van der Waals surface area contributed by atoms with Crippen molar-refractivity contribution >= 4 is 22.5 Å². The van der Waals surface area contributed by atoms with E-state index in [0.29, 0.717) is 10.9 Å². The third kappa shape index (κ3) is 2.42. The summed E-state index contributed by atoms with van der Waals surface area (Å²) in [6, 6.07) is 1.40. The number of aliphatic hydroxyl groups excluding tert-OH is 2. The Balaban J connectivity index is 2.16. The summed E-state index contributed by atoms with van der Waals surface area (Å²) in [4.78, 5) is 25.0. The molecule has 1 heterocycles. The number of hydrogen-bond acceptors (Lipinski definition) is 8. The molecular weight excluding hydrogens is 408 g/mol. The van der Waals surface area contributed by atoms with E-state index < -0.39 is 47.1 Å². The van der Waals surface area contributed by atoms with E-state index in [0.717, 1.165) is 0 Å². The first-order chi connectivity index (χ1) is 14.5. The van der Waals surface area contributed by atoms with Crippen LogP contribution in [0, 0.1) is 6.92 Å². The van der Waals surface area contributed by atoms with Crippen LogP contribution in [0.25, 0.3) is 10.8 Å². The molecule has 0 saturated carbocycles. The predicted molar refractivity (Wildman–Crippen MR) is 108 cm³/mol. The van der Waals surface area contributed by atoms with Crippen molar-refractivity contribution in [2.24, 2.45) is 0 Å². The van der Waals surface area contributed by atoms with Crippen molar-refractivity contribution in [3.05, 3.63) is 28.3 Å². The second-order valence-corrected chi connectivity index (χ2v) is 8.52. The fourth-order valence-corrected chi connectivity index (χ4v) is 4.96. The molecule has 5 N–H and O–H groups in total. The molecule has 0 amide bonds. The number of aryl methyl sites for hydroxylation is 1. The fourth-order valence-electron chi connectivity index (χ4n) is 4.96. The molecule has 2 aliphatic rings. The zero-order valence-electron chi connectivity index (χ0n) is 17.5. The second-order valence-electron chi connectivity index (χ2n) is 8.52. The van der Waals surface area contributed by atoms with Crippen LogP contribution in [0.4, 0.5) is 0 Å². The molecule has 0 bridgehead atoms. The lowest BCUT2D eigenvalue weighted by Crippen LogP contribution is -2.40. The Labute approximate surface area is 177 Å². The van der Waals surface area contributed by atoms with Crippen LogP contribution in [0.2, 0.25) is 0 Å². The van der Waals surface area contributed by atoms with Gasteiger partial charge in [-0.2, -0.15) is 0 Å². The molecule has 0 unspecified atom stereocenters. The number of benzene rings is 2. The topological polar surface area (TPSA) is 154 Å². The quantitative estimate of drug-likeness (QED) is 0.472. The molecule has 9 nitrogen and oxygen atoms in total. The molecule has 0 saturated heterocycles. The number of ketones is 1. The summed E-state index contributed by atoms with van der Waals surface area (Å²) < 4.78 is 11.5. The van der Waals surface area contributed by atoms with Gasteiger partial charge < -0.3 is 35.0 Å². The molecule has 0 radical (unpaired) electrons. The molecule has 4 atom stereocenters. The number of phenolic OH excluding ortho intramolecular Hbond substituents is 2. The van der Waals surface area contributed by atoms with Gasteiger partial charge in [-0.1, -0.05) is 0 Å². The Bertz CT molecular complexity index is 1150. The lowest BCUT2D eigenvalue weighted by molar-refractivity contribution is -0.150. The van der Waals surface area contributed by atoms with E-state index >= 15 is 0 Å². The molecule has 4 rings (SSSR count). The minimum atomic E-state index is -2.02. The van der Waals surface area contributed by atoms with E-state index in [2.05, 4.69) is 0 Å². The van der Waals surface area contributed by atoms with Crippen LogP contribution in [0.5, 0.6) is 17.2 Å². The highest BCUT2D eigenvalue weighted by molar-refractivity contribution is 6.24. The summed E-state index contributed by atoms with van der Waals surface area (Å²) in [6.45, 7) is 4.79. The van der Waals surface area contributed by atoms with Crippen molar-refractivity contribution in [2.75, 3.05) is 13.7 Å². The minimum absolute atomic E-state index is 0.0251. The minimum Gasteiger partial charge on any atom is -0.508 e. The summed E-state index contributed by atoms with van der Waals surface area (Å²) in [5.41, 5.74) is -2.38. The van der Waals surface area contributed by atoms with Crippen molar-refractivity contribution in [1.82, 2.24) is 0 Å². The number of ether oxygens (including phenoxy) is 2. The Morgan fingerprint density at radius 1 is 1.29 bits per heavy atom. The number of carbonyl (C=O) groups is 2. The average Bonchev–Trinajstić information content (AvgIpc) is 3.11. The zero-order chi connectivity index (χ0) is 23.0. The highest BCUT2D eigenvalue weighted by Gasteiger charge is 2.56. The van der Waals surface area contributed by atoms with Crippen molar-refractivity contribution in [1.29, 1.82) is 0 Å². The maximum absolute atomic E-state index is 13.7. The van der Waals surface area contributed by atoms with Gasteiger partial charge in [0.25, 0.3) is 0 Å². The number of rotatable bonds is 5. The van der Waals surface area contributed by atoms with Gasteiger partial charge in [0.2, 0.25) is 5.78 Å². The first-order valence-electron chi connectivity index (χ1n) is 9.80. The van der Waals surface area contributed by atoms with E-state index in [9.17, 15) is 35.1 Å². The first kappa shape index (κ1) is 21.4. The number of methoxy groups -OCH3 is 1. The van der Waals surface area contributed by atoms with Crippen LogP contribution in [0.15, 0.2) is 6.07 Å². The lowest BCUT2D eigenvalue weighted by atomic mass is 9.78. The molecule has 9 heteroatoms. The standard InChI is InChI=1S/C22H24O9/c1-8-5-10(24)15-13-12(8)18-16(21(3,7-23)9(2)31-18)17(26)14(13)19(27)22(15,30-4)6-11(25)20(28)29/h5,9,11,23-26H,6-7H2,1-4H3,(H,28,29)/t9-,11+,21-,22+/m0/s1. The number of aliphatic hydroxyl groups is 2. The number of fused-ring (bicyclic) bond motifs is 2. The number of hydrogen-bond donors (Lipinski definition) is 5. The smallest absolute Gasteiger partial charge is 0.332 e. The summed E-state index contributed by atoms with van der Waals surface area (Å²) in [5, 5.41) is 52.0. The molecule has 2 aromatic carbocycles. The summed E-state index contributed by atoms with van der Waals surface area (Å²) in [6.07, 6.45) is -3.14. The Kier molecular flexibility index (Phi) is 4.52. The first-order valence-corrected chi connectivity index (χ1v) is 9.80. The Morgan fingerprint density at radius 2 is 1.94 bits per heavy atom. The maximum atomic E-state index is 13.7. The number of aromatic hydroxyl groups is 2. The summed E-state index contributed by atoms with van der Waals surface area (Å²) in [7, 11) is 1.17. The van der Waals surface area contributed by atoms with Crippen LogP contribution in [0.3, 0.4) is 0 Å². The Hall–Kier alpha value is -2.88. The summed E-state index contributed by atoms with van der Waals surface area (Å²) in [5.74, 6) is -2.79. The number of Topliss-reactive ketones (excluding diaryl/α,β-unsaturated/α-hetero) is 1. The van der Waals surface area contributed by atoms with Gasteiger partial charge in [-0.05, 0) is 32.4 Å². The number of phenols is 2. The predicted octanol–water partition coefficient (Wildman–Crippen LogP) is 1.46. The fraction of sp³-hybridized carbons (Fsp3) is 0.455. The molecule has 0 aromatic heterocycles. The molecule has 1 aliphatic carbocycles. The van der Waals surface area contributed by atoms with E-state index in [1.54, 1.807) is 20.8 Å². The maximum Gasteiger partial charge on any atom is 0.332 e. The molecule has 2 aromatic rings. The number of carboxylic acids is 1. The van der Waals surface area contributed by atoms with Gasteiger partial charge in [0.05, 0.1) is 17.6 Å². The highest BCUT2D eigenvalue weighted by atomic mass is 16.5. The van der Waals surface area contributed by atoms with E-state index in [-0.39, 0.29) is 40.2 Å². The van der Waals surface area contributed by atoms with Gasteiger partial charge >= 0.3 is 5.97 Å². The van der Waals surface area contributed by atoms with Crippen LogP contribution in [0.1, 0.15) is 47.3 Å². The SMILES string of the molecule is CO[C@@]1(C[C@@H](O)C(=O)O)C(=O)c2c(O)c3c(c4c(C)cc(O)c1c24)O[C@@H](C)[C@]3(C)CO. The number of carboxylic acid groups (broad SMARTS) is 1. The third-order valence-electron chi connectivity index (χ3n) is 6.88. The average molecular weight is 432 g/mol. The van der Waals surface area contributed by atoms with Gasteiger partial charge in [0.1, 0.15) is 23.4 Å². The van der Waals surface area contributed by atoms with Gasteiger partial charge in [-0.25, -0.2) is 4.79 Å². The number of aliphatic carboxylic acids is 1. The summed E-state index contributed by atoms with van der Waals surface area (Å²) >= 11 is 0. The lowest BCUT2D eigenvalue weighted by Gasteiger charge is -2.29. The largest absolute Gasteiger partial charge is 0.508 e. The van der Waals surface area contributed by atoms with Crippen molar-refractivity contribution in [3.8, 4) is 17.2 Å². The third-order valence-corrected chi connectivity index (χ3v) is 6.88. The molecule has 166 valence electrons. The van der Waals surface area contributed by atoms with E-state index in [4.69, 9.17) is 9.47 Å². The van der Waals surface area contributed by atoms with Crippen LogP contribution < -0.4 is 4.74 Å². The Morgan fingerprint density at radius 3 is 2.48 bits per heavy atom. The van der Waals surface area contributed by atoms with Crippen LogP contribution in [-0.4, -0.2) is 63.2 Å². The van der Waals surface area contributed by atoms with Gasteiger partial charge in [-0.15, -0.1) is 0 Å². The molecule has 0 spiro atoms. The highest BCUT2D eigenvalue weighted by Crippen LogP contribution is 2.60. The molecular formula is C22H24O9. The van der Waals surface area contributed by atoms with Gasteiger partial charge in [0.15, 0.2) is 11.7 Å². The van der Waals surface area contributed by atoms with Crippen molar-refractivity contribution < 1.29 is 44.6 Å². The van der Waals surface area contributed by atoms with E-state index in [1.165, 1.54) is 13.2 Å². The van der Waals surface area contributed by atoms with Crippen molar-refractivity contribution in [3.63, 3.8) is 0 Å². The molecule has 0 fully saturated rings. The van der Waals surface area contributed by atoms with Crippen LogP contribution in [-0.2, 0) is 20.5 Å². The second kappa shape index (κ2) is 6.56.